The molecule has 1 fully saturated rings. The van der Waals surface area contributed by atoms with Crippen molar-refractivity contribution >= 4 is 17.5 Å². The third-order valence-electron chi connectivity index (χ3n) is 4.14. The van der Waals surface area contributed by atoms with Crippen LogP contribution in [0.1, 0.15) is 55.3 Å². The molecule has 0 aromatic heterocycles. The molecule has 1 aliphatic carbocycles. The van der Waals surface area contributed by atoms with E-state index in [1.165, 1.54) is 46.3 Å². The standard InChI is InChI=1S/C17H24ClNO3/c1-21-15-11-12(10-14(18)16(15)22-2)17(20)19-13-8-6-4-3-5-7-9-13/h10-11,13H,3-9H2,1-2H3,(H,19,20). The van der Waals surface area contributed by atoms with Gasteiger partial charge >= 0.3 is 0 Å². The average molecular weight is 326 g/mol. The maximum atomic E-state index is 12.5. The summed E-state index contributed by atoms with van der Waals surface area (Å²) in [5, 5.41) is 3.50. The number of halogens is 1. The van der Waals surface area contributed by atoms with E-state index < -0.39 is 0 Å². The fraction of sp³-hybridized carbons (Fsp3) is 0.588. The first-order valence-corrected chi connectivity index (χ1v) is 8.26. The highest BCUT2D eigenvalue weighted by molar-refractivity contribution is 6.32. The highest BCUT2D eigenvalue weighted by Gasteiger charge is 2.18. The minimum atomic E-state index is -0.103. The van der Waals surface area contributed by atoms with Crippen molar-refractivity contribution in [1.29, 1.82) is 0 Å². The Bertz CT molecular complexity index is 511. The Balaban J connectivity index is 2.09. The molecule has 2 rings (SSSR count). The summed E-state index contributed by atoms with van der Waals surface area (Å²) in [4.78, 5) is 12.5. The van der Waals surface area contributed by atoms with Crippen molar-refractivity contribution < 1.29 is 14.3 Å². The zero-order valence-electron chi connectivity index (χ0n) is 13.3. The van der Waals surface area contributed by atoms with Crippen molar-refractivity contribution in [3.63, 3.8) is 0 Å². The molecule has 1 saturated carbocycles. The molecule has 1 aromatic carbocycles. The number of amides is 1. The molecule has 0 heterocycles. The van der Waals surface area contributed by atoms with Crippen LogP contribution in [-0.2, 0) is 0 Å². The first-order valence-electron chi connectivity index (χ1n) is 7.88. The molecule has 1 aromatic rings. The lowest BCUT2D eigenvalue weighted by molar-refractivity contribution is 0.0930. The molecule has 0 saturated heterocycles. The monoisotopic (exact) mass is 325 g/mol. The summed E-state index contributed by atoms with van der Waals surface area (Å²) in [5.74, 6) is 0.818. The van der Waals surface area contributed by atoms with Crippen molar-refractivity contribution in [3.05, 3.63) is 22.7 Å². The number of carbonyl (C=O) groups is 1. The number of rotatable bonds is 4. The Hall–Kier alpha value is -1.42. The molecule has 0 aliphatic heterocycles. The molecule has 22 heavy (non-hydrogen) atoms. The molecule has 0 radical (unpaired) electrons. The topological polar surface area (TPSA) is 47.6 Å². The zero-order valence-corrected chi connectivity index (χ0v) is 14.0. The molecule has 5 heteroatoms. The number of nitrogens with one attached hydrogen (secondary N) is 1. The van der Waals surface area contributed by atoms with Crippen molar-refractivity contribution in [1.82, 2.24) is 5.32 Å². The third-order valence-corrected chi connectivity index (χ3v) is 4.42. The van der Waals surface area contributed by atoms with E-state index in [1.807, 2.05) is 0 Å². The smallest absolute Gasteiger partial charge is 0.251 e. The molecule has 0 bridgehead atoms. The van der Waals surface area contributed by atoms with Crippen molar-refractivity contribution in [2.45, 2.75) is 51.0 Å². The normalized spacial score (nSPS) is 16.5. The summed E-state index contributed by atoms with van der Waals surface area (Å²) in [6.07, 6.45) is 8.28. The summed E-state index contributed by atoms with van der Waals surface area (Å²) in [7, 11) is 3.06. The molecule has 0 unspecified atom stereocenters. The van der Waals surface area contributed by atoms with Crippen molar-refractivity contribution in [2.24, 2.45) is 0 Å². The van der Waals surface area contributed by atoms with E-state index in [-0.39, 0.29) is 11.9 Å². The van der Waals surface area contributed by atoms with Crippen LogP contribution in [0.25, 0.3) is 0 Å². The molecule has 1 N–H and O–H groups in total. The van der Waals surface area contributed by atoms with Gasteiger partial charge in [-0.05, 0) is 25.0 Å². The van der Waals surface area contributed by atoms with Crippen LogP contribution in [0.4, 0.5) is 0 Å². The zero-order chi connectivity index (χ0) is 15.9. The van der Waals surface area contributed by atoms with Crippen LogP contribution in [0, 0.1) is 0 Å². The van der Waals surface area contributed by atoms with E-state index in [1.54, 1.807) is 12.1 Å². The first kappa shape index (κ1) is 16.9. The number of ether oxygens (including phenoxy) is 2. The Kier molecular flexibility index (Phi) is 6.37. The predicted molar refractivity (Wildman–Crippen MR) is 88.1 cm³/mol. The summed E-state index contributed by atoms with van der Waals surface area (Å²) in [6.45, 7) is 0. The van der Waals surface area contributed by atoms with Gasteiger partial charge in [0.25, 0.3) is 5.91 Å². The van der Waals surface area contributed by atoms with Gasteiger partial charge in [-0.2, -0.15) is 0 Å². The molecule has 1 amide bonds. The van der Waals surface area contributed by atoms with Gasteiger partial charge in [0.2, 0.25) is 0 Å². The second kappa shape index (κ2) is 8.28. The van der Waals surface area contributed by atoms with Gasteiger partial charge in [0.1, 0.15) is 0 Å². The van der Waals surface area contributed by atoms with Crippen LogP contribution in [0.2, 0.25) is 5.02 Å². The Morgan fingerprint density at radius 2 is 1.73 bits per heavy atom. The summed E-state index contributed by atoms with van der Waals surface area (Å²) < 4.78 is 10.4. The van der Waals surface area contributed by atoms with E-state index in [4.69, 9.17) is 21.1 Å². The van der Waals surface area contributed by atoms with Gasteiger partial charge in [0, 0.05) is 11.6 Å². The van der Waals surface area contributed by atoms with Gasteiger partial charge in [-0.3, -0.25) is 4.79 Å². The summed E-state index contributed by atoms with van der Waals surface area (Å²) in [6, 6.07) is 3.55. The van der Waals surface area contributed by atoms with E-state index in [2.05, 4.69) is 5.32 Å². The van der Waals surface area contributed by atoms with Gasteiger partial charge in [0.05, 0.1) is 19.2 Å². The van der Waals surface area contributed by atoms with E-state index in [0.29, 0.717) is 22.1 Å². The van der Waals surface area contributed by atoms with Gasteiger partial charge in [-0.1, -0.05) is 43.7 Å². The number of carbonyl (C=O) groups excluding carboxylic acids is 1. The highest BCUT2D eigenvalue weighted by Crippen LogP contribution is 2.36. The highest BCUT2D eigenvalue weighted by atomic mass is 35.5. The number of methoxy groups -OCH3 is 2. The van der Waals surface area contributed by atoms with Gasteiger partial charge in [-0.15, -0.1) is 0 Å². The van der Waals surface area contributed by atoms with Crippen LogP contribution in [0.5, 0.6) is 11.5 Å². The van der Waals surface area contributed by atoms with Crippen LogP contribution in [-0.4, -0.2) is 26.2 Å². The van der Waals surface area contributed by atoms with E-state index >= 15 is 0 Å². The number of benzene rings is 1. The van der Waals surface area contributed by atoms with Gasteiger partial charge in [0.15, 0.2) is 11.5 Å². The SMILES string of the molecule is COc1cc(C(=O)NC2CCCCCCC2)cc(Cl)c1OC. The first-order chi connectivity index (χ1) is 10.7. The minimum absolute atomic E-state index is 0.103. The van der Waals surface area contributed by atoms with Crippen molar-refractivity contribution in [2.75, 3.05) is 14.2 Å². The average Bonchev–Trinajstić information content (AvgIpc) is 2.48. The molecule has 122 valence electrons. The maximum absolute atomic E-state index is 12.5. The van der Waals surface area contributed by atoms with Crippen LogP contribution in [0.15, 0.2) is 12.1 Å². The second-order valence-electron chi connectivity index (χ2n) is 5.71. The number of hydrogen-bond donors (Lipinski definition) is 1. The molecule has 0 atom stereocenters. The lowest BCUT2D eigenvalue weighted by Crippen LogP contribution is -2.35. The van der Waals surface area contributed by atoms with Crippen LogP contribution in [0.3, 0.4) is 0 Å². The summed E-state index contributed by atoms with van der Waals surface area (Å²) >= 11 is 6.16. The molecular formula is C17H24ClNO3. The minimum Gasteiger partial charge on any atom is -0.493 e. The molecule has 1 aliphatic rings. The number of hydrogen-bond acceptors (Lipinski definition) is 3. The Labute approximate surface area is 137 Å². The summed E-state index contributed by atoms with van der Waals surface area (Å²) in [5.41, 5.74) is 0.504. The quantitative estimate of drug-likeness (QED) is 0.902. The van der Waals surface area contributed by atoms with E-state index in [9.17, 15) is 4.79 Å². The molecule has 4 nitrogen and oxygen atoms in total. The lowest BCUT2D eigenvalue weighted by Gasteiger charge is -2.21. The maximum Gasteiger partial charge on any atom is 0.251 e. The predicted octanol–water partition coefficient (Wildman–Crippen LogP) is 4.20. The van der Waals surface area contributed by atoms with E-state index in [0.717, 1.165) is 12.8 Å². The second-order valence-corrected chi connectivity index (χ2v) is 6.12. The molecular weight excluding hydrogens is 302 g/mol. The molecule has 0 spiro atoms. The van der Waals surface area contributed by atoms with Crippen LogP contribution >= 0.6 is 11.6 Å². The largest absolute Gasteiger partial charge is 0.493 e. The van der Waals surface area contributed by atoms with Gasteiger partial charge in [-0.25, -0.2) is 0 Å². The Morgan fingerprint density at radius 3 is 2.32 bits per heavy atom. The fourth-order valence-electron chi connectivity index (χ4n) is 2.92. The third kappa shape index (κ3) is 4.29. The van der Waals surface area contributed by atoms with Gasteiger partial charge < -0.3 is 14.8 Å². The lowest BCUT2D eigenvalue weighted by atomic mass is 9.96. The Morgan fingerprint density at radius 1 is 1.09 bits per heavy atom. The fourth-order valence-corrected chi connectivity index (χ4v) is 3.21. The van der Waals surface area contributed by atoms with Crippen molar-refractivity contribution in [3.8, 4) is 11.5 Å². The van der Waals surface area contributed by atoms with Crippen LogP contribution < -0.4 is 14.8 Å².